The molecule has 1 atom stereocenters. The van der Waals surface area contributed by atoms with E-state index < -0.39 is 10.0 Å². The molecule has 4 heteroatoms. The van der Waals surface area contributed by atoms with Crippen LogP contribution in [0.5, 0.6) is 0 Å². The number of unbranched alkanes of at least 4 members (excludes halogenated alkanes) is 5. The van der Waals surface area contributed by atoms with Gasteiger partial charge < -0.3 is 0 Å². The van der Waals surface area contributed by atoms with E-state index in [1.54, 1.807) is 16.4 Å². The molecule has 1 aliphatic heterocycles. The smallest absolute Gasteiger partial charge is 0.207 e. The molecule has 1 aromatic rings. The van der Waals surface area contributed by atoms with Gasteiger partial charge in [-0.1, -0.05) is 75.3 Å². The van der Waals surface area contributed by atoms with Gasteiger partial charge in [0.05, 0.1) is 10.9 Å². The van der Waals surface area contributed by atoms with Crippen LogP contribution in [0.25, 0.3) is 0 Å². The van der Waals surface area contributed by atoms with Crippen molar-refractivity contribution < 1.29 is 8.42 Å². The van der Waals surface area contributed by atoms with Crippen molar-refractivity contribution in [2.24, 2.45) is 0 Å². The zero-order chi connectivity index (χ0) is 20.0. The van der Waals surface area contributed by atoms with Crippen molar-refractivity contribution in [1.82, 2.24) is 4.31 Å². The summed E-state index contributed by atoms with van der Waals surface area (Å²) in [6.07, 6.45) is 8.08. The Bertz CT molecular complexity index is 771. The summed E-state index contributed by atoms with van der Waals surface area (Å²) in [4.78, 5) is 0.379. The maximum absolute atomic E-state index is 13.3. The van der Waals surface area contributed by atoms with Crippen molar-refractivity contribution >= 4 is 10.0 Å². The van der Waals surface area contributed by atoms with Gasteiger partial charge in [0, 0.05) is 6.54 Å². The van der Waals surface area contributed by atoms with Gasteiger partial charge in [-0.3, -0.25) is 0 Å². The molecule has 0 spiro atoms. The summed E-state index contributed by atoms with van der Waals surface area (Å²) in [6.45, 7) is 13.0. The minimum Gasteiger partial charge on any atom is -0.207 e. The third-order valence-corrected chi connectivity index (χ3v) is 7.38. The molecule has 0 aromatic heterocycles. The maximum atomic E-state index is 13.3. The van der Waals surface area contributed by atoms with Gasteiger partial charge in [0.2, 0.25) is 10.0 Å². The van der Waals surface area contributed by atoms with Crippen LogP contribution in [0.4, 0.5) is 0 Å². The molecule has 0 saturated carbocycles. The molecule has 0 bridgehead atoms. The van der Waals surface area contributed by atoms with Gasteiger partial charge in [-0.05, 0) is 50.5 Å². The van der Waals surface area contributed by atoms with Crippen LogP contribution in [0.3, 0.4) is 0 Å². The normalized spacial score (nSPS) is 18.3. The lowest BCUT2D eigenvalue weighted by Gasteiger charge is -2.24. The number of hydrogen-bond acceptors (Lipinski definition) is 2. The summed E-state index contributed by atoms with van der Waals surface area (Å²) in [6, 6.07) is 7.04. The number of aryl methyl sites for hydroxylation is 1. The molecule has 3 nitrogen and oxygen atoms in total. The summed E-state index contributed by atoms with van der Waals surface area (Å²) in [5.41, 5.74) is 4.31. The fourth-order valence-corrected chi connectivity index (χ4v) is 5.37. The largest absolute Gasteiger partial charge is 0.243 e. The Labute approximate surface area is 166 Å². The number of sulfonamides is 1. The van der Waals surface area contributed by atoms with Crippen molar-refractivity contribution in [2.75, 3.05) is 6.54 Å². The second-order valence-electron chi connectivity index (χ2n) is 7.94. The Balaban J connectivity index is 2.19. The van der Waals surface area contributed by atoms with Gasteiger partial charge in [0.15, 0.2) is 0 Å². The van der Waals surface area contributed by atoms with Gasteiger partial charge in [-0.2, -0.15) is 4.31 Å². The molecule has 0 aliphatic carbocycles. The third-order valence-electron chi connectivity index (χ3n) is 5.51. The zero-order valence-electron chi connectivity index (χ0n) is 17.4. The van der Waals surface area contributed by atoms with E-state index in [-0.39, 0.29) is 6.04 Å². The Kier molecular flexibility index (Phi) is 7.87. The highest BCUT2D eigenvalue weighted by Gasteiger charge is 2.39. The van der Waals surface area contributed by atoms with E-state index in [2.05, 4.69) is 13.5 Å². The molecule has 27 heavy (non-hydrogen) atoms. The minimum absolute atomic E-state index is 0.118. The predicted molar refractivity (Wildman–Crippen MR) is 114 cm³/mol. The maximum Gasteiger partial charge on any atom is 0.243 e. The first-order chi connectivity index (χ1) is 12.8. The van der Waals surface area contributed by atoms with E-state index in [4.69, 9.17) is 0 Å². The molecule has 150 valence electrons. The lowest BCUT2D eigenvalue weighted by Crippen LogP contribution is -2.36. The standard InChI is InChI=1S/C23H35NO2S/c1-6-7-8-9-10-11-12-23-20(5)22(18(2)3)17-24(23)27(25,26)21-15-13-19(4)14-16-21/h13-16,23H,5-12,17H2,1-4H3. The van der Waals surface area contributed by atoms with E-state index in [0.717, 1.165) is 41.5 Å². The molecule has 1 saturated heterocycles. The summed E-state index contributed by atoms with van der Waals surface area (Å²) >= 11 is 0. The summed E-state index contributed by atoms with van der Waals surface area (Å²) < 4.78 is 28.3. The predicted octanol–water partition coefficient (Wildman–Crippen LogP) is 6.01. The molecule has 1 aromatic carbocycles. The molecule has 1 aliphatic rings. The molecule has 0 radical (unpaired) electrons. The molecule has 0 N–H and O–H groups in total. The quantitative estimate of drug-likeness (QED) is 0.485. The van der Waals surface area contributed by atoms with Crippen LogP contribution in [0.2, 0.25) is 0 Å². The fourth-order valence-electron chi connectivity index (χ4n) is 3.76. The van der Waals surface area contributed by atoms with Gasteiger partial charge in [0.25, 0.3) is 0 Å². The lowest BCUT2D eigenvalue weighted by molar-refractivity contribution is 0.383. The molecule has 1 unspecified atom stereocenters. The van der Waals surface area contributed by atoms with E-state index in [9.17, 15) is 8.42 Å². The fraction of sp³-hybridized carbons (Fsp3) is 0.565. The summed E-state index contributed by atoms with van der Waals surface area (Å²) in [5, 5.41) is 0. The highest BCUT2D eigenvalue weighted by molar-refractivity contribution is 7.89. The molecular weight excluding hydrogens is 354 g/mol. The molecular formula is C23H35NO2S. The van der Waals surface area contributed by atoms with Crippen LogP contribution < -0.4 is 0 Å². The van der Waals surface area contributed by atoms with Gasteiger partial charge in [0.1, 0.15) is 0 Å². The van der Waals surface area contributed by atoms with Crippen LogP contribution in [-0.2, 0) is 10.0 Å². The van der Waals surface area contributed by atoms with Gasteiger partial charge in [-0.15, -0.1) is 0 Å². The topological polar surface area (TPSA) is 37.4 Å². The van der Waals surface area contributed by atoms with Crippen LogP contribution in [-0.4, -0.2) is 25.3 Å². The monoisotopic (exact) mass is 389 g/mol. The van der Waals surface area contributed by atoms with E-state index in [1.165, 1.54) is 25.7 Å². The number of nitrogens with zero attached hydrogens (tertiary/aromatic N) is 1. The number of hydrogen-bond donors (Lipinski definition) is 0. The van der Waals surface area contributed by atoms with Crippen LogP contribution >= 0.6 is 0 Å². The van der Waals surface area contributed by atoms with E-state index >= 15 is 0 Å². The highest BCUT2D eigenvalue weighted by Crippen LogP contribution is 2.36. The molecule has 1 fully saturated rings. The third kappa shape index (κ3) is 5.32. The molecule has 0 amide bonds. The average molecular weight is 390 g/mol. The summed E-state index contributed by atoms with van der Waals surface area (Å²) in [5.74, 6) is 0. The second kappa shape index (κ2) is 9.70. The average Bonchev–Trinajstić information content (AvgIpc) is 2.96. The highest BCUT2D eigenvalue weighted by atomic mass is 32.2. The van der Waals surface area contributed by atoms with Crippen molar-refractivity contribution in [3.8, 4) is 0 Å². The zero-order valence-corrected chi connectivity index (χ0v) is 18.2. The van der Waals surface area contributed by atoms with Crippen molar-refractivity contribution in [3.63, 3.8) is 0 Å². The SMILES string of the molecule is C=C1C(=C(C)C)CN(S(=O)(=O)c2ccc(C)cc2)C1CCCCCCCC. The Morgan fingerprint density at radius 1 is 1.07 bits per heavy atom. The number of rotatable bonds is 9. The Morgan fingerprint density at radius 3 is 2.26 bits per heavy atom. The first-order valence-corrected chi connectivity index (χ1v) is 11.7. The first kappa shape index (κ1) is 21.9. The lowest BCUT2D eigenvalue weighted by atomic mass is 9.97. The first-order valence-electron chi connectivity index (χ1n) is 10.2. The van der Waals surface area contributed by atoms with Crippen molar-refractivity contribution in [1.29, 1.82) is 0 Å². The summed E-state index contributed by atoms with van der Waals surface area (Å²) in [7, 11) is -3.52. The van der Waals surface area contributed by atoms with Crippen LogP contribution in [0.15, 0.2) is 52.5 Å². The van der Waals surface area contributed by atoms with Crippen molar-refractivity contribution in [2.45, 2.75) is 83.6 Å². The number of allylic oxidation sites excluding steroid dienone is 1. The van der Waals surface area contributed by atoms with E-state index in [1.807, 2.05) is 32.9 Å². The Morgan fingerprint density at radius 2 is 1.67 bits per heavy atom. The van der Waals surface area contributed by atoms with E-state index in [0.29, 0.717) is 11.4 Å². The molecule has 1 heterocycles. The van der Waals surface area contributed by atoms with Gasteiger partial charge >= 0.3 is 0 Å². The molecule has 2 rings (SSSR count). The van der Waals surface area contributed by atoms with Crippen LogP contribution in [0.1, 0.15) is 71.3 Å². The number of benzene rings is 1. The second-order valence-corrected chi connectivity index (χ2v) is 9.83. The minimum atomic E-state index is -3.52. The van der Waals surface area contributed by atoms with Gasteiger partial charge in [-0.25, -0.2) is 8.42 Å². The van der Waals surface area contributed by atoms with Crippen LogP contribution in [0, 0.1) is 6.92 Å². The Hall–Kier alpha value is -1.39. The van der Waals surface area contributed by atoms with Crippen molar-refractivity contribution in [3.05, 3.63) is 53.1 Å².